The standard InChI is InChI=1S/C11H15ClO3S2/c1-3-16-7-6-15-11-5-4-10(8-9(11)2)17(12,13)14/h4-5,8H,3,6-7H2,1-2H3. The third-order valence-electron chi connectivity index (χ3n) is 2.12. The summed E-state index contributed by atoms with van der Waals surface area (Å²) in [6, 6.07) is 4.61. The van der Waals surface area contributed by atoms with Gasteiger partial charge >= 0.3 is 0 Å². The van der Waals surface area contributed by atoms with Gasteiger partial charge in [0.2, 0.25) is 0 Å². The number of rotatable bonds is 6. The monoisotopic (exact) mass is 294 g/mol. The summed E-state index contributed by atoms with van der Waals surface area (Å²) in [6.07, 6.45) is 0. The Labute approximate surface area is 111 Å². The van der Waals surface area contributed by atoms with E-state index in [-0.39, 0.29) is 4.90 Å². The van der Waals surface area contributed by atoms with Crippen LogP contribution in [0.3, 0.4) is 0 Å². The second-order valence-corrected chi connectivity index (χ2v) is 7.37. The summed E-state index contributed by atoms with van der Waals surface area (Å²) in [4.78, 5) is 0.104. The van der Waals surface area contributed by atoms with Crippen molar-refractivity contribution in [2.24, 2.45) is 0 Å². The highest BCUT2D eigenvalue weighted by molar-refractivity contribution is 8.13. The molecule has 0 saturated carbocycles. The molecule has 0 amide bonds. The van der Waals surface area contributed by atoms with E-state index in [1.54, 1.807) is 24.8 Å². The summed E-state index contributed by atoms with van der Waals surface area (Å²) in [5.41, 5.74) is 0.772. The number of hydrogen-bond donors (Lipinski definition) is 0. The number of ether oxygens (including phenoxy) is 1. The minimum Gasteiger partial charge on any atom is -0.492 e. The molecule has 96 valence electrons. The van der Waals surface area contributed by atoms with E-state index >= 15 is 0 Å². The van der Waals surface area contributed by atoms with Crippen molar-refractivity contribution in [2.45, 2.75) is 18.7 Å². The number of benzene rings is 1. The molecule has 0 radical (unpaired) electrons. The summed E-state index contributed by atoms with van der Waals surface area (Å²) >= 11 is 1.80. The highest BCUT2D eigenvalue weighted by Gasteiger charge is 2.11. The van der Waals surface area contributed by atoms with E-state index in [0.717, 1.165) is 17.1 Å². The fourth-order valence-electron chi connectivity index (χ4n) is 1.29. The van der Waals surface area contributed by atoms with Gasteiger partial charge in [-0.3, -0.25) is 0 Å². The van der Waals surface area contributed by atoms with Crippen LogP contribution >= 0.6 is 22.4 Å². The summed E-state index contributed by atoms with van der Waals surface area (Å²) in [5, 5.41) is 0. The van der Waals surface area contributed by atoms with Crippen LogP contribution in [0.5, 0.6) is 5.75 Å². The molecule has 0 saturated heterocycles. The third-order valence-corrected chi connectivity index (χ3v) is 4.33. The van der Waals surface area contributed by atoms with Crippen molar-refractivity contribution in [1.29, 1.82) is 0 Å². The normalized spacial score (nSPS) is 11.5. The first-order valence-electron chi connectivity index (χ1n) is 5.21. The molecule has 1 rings (SSSR count). The van der Waals surface area contributed by atoms with Crippen LogP contribution in [0.25, 0.3) is 0 Å². The summed E-state index contributed by atoms with van der Waals surface area (Å²) in [6.45, 7) is 4.51. The second kappa shape index (κ2) is 6.52. The highest BCUT2D eigenvalue weighted by Crippen LogP contribution is 2.23. The van der Waals surface area contributed by atoms with Crippen LogP contribution in [0.1, 0.15) is 12.5 Å². The molecule has 0 fully saturated rings. The number of hydrogen-bond acceptors (Lipinski definition) is 4. The maximum absolute atomic E-state index is 11.1. The summed E-state index contributed by atoms with van der Waals surface area (Å²) in [7, 11) is 1.60. The lowest BCUT2D eigenvalue weighted by molar-refractivity contribution is 0.341. The van der Waals surface area contributed by atoms with E-state index in [2.05, 4.69) is 6.92 Å². The Kier molecular flexibility index (Phi) is 5.62. The largest absolute Gasteiger partial charge is 0.492 e. The molecule has 0 unspecified atom stereocenters. The Hall–Kier alpha value is -0.390. The quantitative estimate of drug-likeness (QED) is 0.597. The van der Waals surface area contributed by atoms with Gasteiger partial charge in [-0.2, -0.15) is 11.8 Å². The predicted octanol–water partition coefficient (Wildman–Crippen LogP) is 3.05. The molecule has 0 N–H and O–H groups in total. The fourth-order valence-corrected chi connectivity index (χ4v) is 2.62. The number of thioether (sulfide) groups is 1. The molecule has 1 aromatic carbocycles. The maximum Gasteiger partial charge on any atom is 0.261 e. The van der Waals surface area contributed by atoms with Gasteiger partial charge in [-0.1, -0.05) is 6.92 Å². The topological polar surface area (TPSA) is 43.4 Å². The van der Waals surface area contributed by atoms with E-state index < -0.39 is 9.05 Å². The Morgan fingerprint density at radius 2 is 2.12 bits per heavy atom. The lowest BCUT2D eigenvalue weighted by Crippen LogP contribution is -2.02. The van der Waals surface area contributed by atoms with Gasteiger partial charge in [0.25, 0.3) is 9.05 Å². The first kappa shape index (κ1) is 14.7. The van der Waals surface area contributed by atoms with Crippen molar-refractivity contribution < 1.29 is 13.2 Å². The zero-order valence-corrected chi connectivity index (χ0v) is 12.2. The van der Waals surface area contributed by atoms with Gasteiger partial charge in [0.15, 0.2) is 0 Å². The van der Waals surface area contributed by atoms with Gasteiger partial charge in [0.05, 0.1) is 11.5 Å². The SMILES string of the molecule is CCSCCOc1ccc(S(=O)(=O)Cl)cc1C. The zero-order valence-electron chi connectivity index (χ0n) is 9.77. The Bertz CT molecular complexity index is 472. The molecule has 17 heavy (non-hydrogen) atoms. The van der Waals surface area contributed by atoms with E-state index in [9.17, 15) is 8.42 Å². The highest BCUT2D eigenvalue weighted by atomic mass is 35.7. The van der Waals surface area contributed by atoms with E-state index in [1.807, 2.05) is 0 Å². The van der Waals surface area contributed by atoms with Crippen molar-refractivity contribution in [2.75, 3.05) is 18.1 Å². The molecule has 0 heterocycles. The molecule has 6 heteroatoms. The average molecular weight is 295 g/mol. The molecule has 0 aliphatic rings. The number of aryl methyl sites for hydroxylation is 1. The van der Waals surface area contributed by atoms with Crippen LogP contribution in [0, 0.1) is 6.92 Å². The van der Waals surface area contributed by atoms with E-state index in [1.165, 1.54) is 12.1 Å². The Morgan fingerprint density at radius 1 is 1.41 bits per heavy atom. The molecule has 0 spiro atoms. The van der Waals surface area contributed by atoms with Crippen LogP contribution in [0.4, 0.5) is 0 Å². The predicted molar refractivity (Wildman–Crippen MR) is 72.7 cm³/mol. The van der Waals surface area contributed by atoms with Crippen LogP contribution in [0.2, 0.25) is 0 Å². The van der Waals surface area contributed by atoms with Crippen molar-refractivity contribution in [3.8, 4) is 5.75 Å². The molecule has 0 atom stereocenters. The third kappa shape index (κ3) is 4.77. The van der Waals surface area contributed by atoms with Gasteiger partial charge in [-0.15, -0.1) is 0 Å². The molecule has 0 aliphatic heterocycles. The van der Waals surface area contributed by atoms with Crippen LogP contribution in [0.15, 0.2) is 23.1 Å². The molecule has 0 bridgehead atoms. The van der Waals surface area contributed by atoms with Gasteiger partial charge in [-0.05, 0) is 36.4 Å². The van der Waals surface area contributed by atoms with Crippen LogP contribution < -0.4 is 4.74 Å². The van der Waals surface area contributed by atoms with E-state index in [0.29, 0.717) is 12.4 Å². The Balaban J connectivity index is 2.70. The van der Waals surface area contributed by atoms with Gasteiger partial charge < -0.3 is 4.74 Å². The zero-order chi connectivity index (χ0) is 12.9. The molecular weight excluding hydrogens is 280 g/mol. The lowest BCUT2D eigenvalue weighted by atomic mass is 10.2. The fraction of sp³-hybridized carbons (Fsp3) is 0.455. The van der Waals surface area contributed by atoms with Crippen LogP contribution in [-0.4, -0.2) is 26.5 Å². The smallest absolute Gasteiger partial charge is 0.261 e. The van der Waals surface area contributed by atoms with Crippen molar-refractivity contribution in [3.05, 3.63) is 23.8 Å². The first-order chi connectivity index (χ1) is 7.95. The molecule has 0 aliphatic carbocycles. The number of halogens is 1. The van der Waals surface area contributed by atoms with Crippen molar-refractivity contribution >= 4 is 31.5 Å². The average Bonchev–Trinajstić information content (AvgIpc) is 2.24. The molecule has 3 nitrogen and oxygen atoms in total. The minimum absolute atomic E-state index is 0.104. The Morgan fingerprint density at radius 3 is 2.65 bits per heavy atom. The van der Waals surface area contributed by atoms with Gasteiger partial charge in [0, 0.05) is 16.4 Å². The van der Waals surface area contributed by atoms with Crippen molar-refractivity contribution in [1.82, 2.24) is 0 Å². The summed E-state index contributed by atoms with van der Waals surface area (Å²) < 4.78 is 27.8. The maximum atomic E-state index is 11.1. The van der Waals surface area contributed by atoms with E-state index in [4.69, 9.17) is 15.4 Å². The van der Waals surface area contributed by atoms with Gasteiger partial charge in [-0.25, -0.2) is 8.42 Å². The minimum atomic E-state index is -3.66. The molecular formula is C11H15ClO3S2. The first-order valence-corrected chi connectivity index (χ1v) is 8.67. The van der Waals surface area contributed by atoms with Crippen molar-refractivity contribution in [3.63, 3.8) is 0 Å². The second-order valence-electron chi connectivity index (χ2n) is 3.41. The molecule has 0 aromatic heterocycles. The lowest BCUT2D eigenvalue weighted by Gasteiger charge is -2.09. The summed E-state index contributed by atoms with van der Waals surface area (Å²) in [5.74, 6) is 2.68. The molecule has 1 aromatic rings. The van der Waals surface area contributed by atoms with Crippen LogP contribution in [-0.2, 0) is 9.05 Å². The van der Waals surface area contributed by atoms with Gasteiger partial charge in [0.1, 0.15) is 5.75 Å².